The molecule has 3 rings (SSSR count). The van der Waals surface area contributed by atoms with Crippen LogP contribution in [-0.4, -0.2) is 32.2 Å². The van der Waals surface area contributed by atoms with Gasteiger partial charge >= 0.3 is 0 Å². The van der Waals surface area contributed by atoms with E-state index in [9.17, 15) is 4.79 Å². The minimum absolute atomic E-state index is 0.0593. The van der Waals surface area contributed by atoms with Gasteiger partial charge in [-0.25, -0.2) is 0 Å². The summed E-state index contributed by atoms with van der Waals surface area (Å²) >= 11 is 0. The lowest BCUT2D eigenvalue weighted by atomic mass is 10.0. The van der Waals surface area contributed by atoms with Gasteiger partial charge in [0.2, 0.25) is 0 Å². The second-order valence-corrected chi connectivity index (χ2v) is 5.00. The van der Waals surface area contributed by atoms with Crippen molar-refractivity contribution in [1.82, 2.24) is 5.32 Å². The van der Waals surface area contributed by atoms with E-state index in [0.717, 1.165) is 42.1 Å². The molecule has 1 aromatic rings. The van der Waals surface area contributed by atoms with Crippen molar-refractivity contribution in [1.29, 1.82) is 0 Å². The molecule has 2 aliphatic rings. The maximum atomic E-state index is 12.1. The molecule has 2 aliphatic heterocycles. The standard InChI is InChI=1S/C15H18N2O3/c1-10(11-8-16-9-11)15(18)17-12-3-4-13-14(7-12)20-6-2-5-19-13/h3-4,7,16H,2,5-6,8-9H2,1H3,(H,17,18). The number of anilines is 1. The molecule has 20 heavy (non-hydrogen) atoms. The molecule has 1 fully saturated rings. The van der Waals surface area contributed by atoms with E-state index in [2.05, 4.69) is 10.6 Å². The number of ether oxygens (including phenoxy) is 2. The van der Waals surface area contributed by atoms with Gasteiger partial charge in [-0.2, -0.15) is 0 Å². The molecular weight excluding hydrogens is 256 g/mol. The first-order chi connectivity index (χ1) is 9.74. The highest BCUT2D eigenvalue weighted by atomic mass is 16.5. The number of benzene rings is 1. The molecule has 2 N–H and O–H groups in total. The number of nitrogens with one attached hydrogen (secondary N) is 2. The third-order valence-corrected chi connectivity index (χ3v) is 3.55. The molecule has 0 atom stereocenters. The number of rotatable bonds is 2. The lowest BCUT2D eigenvalue weighted by molar-refractivity contribution is -0.112. The second kappa shape index (κ2) is 5.54. The molecule has 1 amide bonds. The average molecular weight is 274 g/mol. The lowest BCUT2D eigenvalue weighted by Crippen LogP contribution is -2.36. The Morgan fingerprint density at radius 1 is 1.20 bits per heavy atom. The maximum absolute atomic E-state index is 12.1. The molecule has 0 bridgehead atoms. The topological polar surface area (TPSA) is 59.6 Å². The van der Waals surface area contributed by atoms with Crippen LogP contribution < -0.4 is 20.1 Å². The van der Waals surface area contributed by atoms with Gasteiger partial charge in [0.05, 0.1) is 13.2 Å². The van der Waals surface area contributed by atoms with Crippen molar-refractivity contribution in [3.05, 3.63) is 29.3 Å². The molecule has 106 valence electrons. The van der Waals surface area contributed by atoms with E-state index in [1.54, 1.807) is 0 Å². The van der Waals surface area contributed by atoms with Gasteiger partial charge in [-0.15, -0.1) is 0 Å². The Labute approximate surface area is 118 Å². The zero-order chi connectivity index (χ0) is 13.9. The van der Waals surface area contributed by atoms with Crippen molar-refractivity contribution in [2.45, 2.75) is 13.3 Å². The summed E-state index contributed by atoms with van der Waals surface area (Å²) in [5, 5.41) is 6.04. The highest BCUT2D eigenvalue weighted by Crippen LogP contribution is 2.32. The predicted octanol–water partition coefficient (Wildman–Crippen LogP) is 1.71. The number of amides is 1. The van der Waals surface area contributed by atoms with Gasteiger partial charge in [-0.1, -0.05) is 0 Å². The third kappa shape index (κ3) is 2.63. The molecule has 0 aliphatic carbocycles. The summed E-state index contributed by atoms with van der Waals surface area (Å²) in [5.41, 5.74) is 2.68. The van der Waals surface area contributed by atoms with Crippen molar-refractivity contribution in [3.8, 4) is 11.5 Å². The Kier molecular flexibility index (Phi) is 3.60. The van der Waals surface area contributed by atoms with Crippen LogP contribution in [0.15, 0.2) is 29.3 Å². The predicted molar refractivity (Wildman–Crippen MR) is 76.2 cm³/mol. The zero-order valence-electron chi connectivity index (χ0n) is 11.5. The maximum Gasteiger partial charge on any atom is 0.251 e. The van der Waals surface area contributed by atoms with Crippen LogP contribution in [0.2, 0.25) is 0 Å². The van der Waals surface area contributed by atoms with Crippen molar-refractivity contribution in [2.75, 3.05) is 31.6 Å². The average Bonchev–Trinajstić information content (AvgIpc) is 2.61. The number of fused-ring (bicyclic) bond motifs is 1. The second-order valence-electron chi connectivity index (χ2n) is 5.00. The summed E-state index contributed by atoms with van der Waals surface area (Å²) in [6, 6.07) is 5.49. The van der Waals surface area contributed by atoms with E-state index in [-0.39, 0.29) is 5.91 Å². The summed E-state index contributed by atoms with van der Waals surface area (Å²) in [6.07, 6.45) is 0.870. The van der Waals surface area contributed by atoms with Crippen LogP contribution in [0.25, 0.3) is 0 Å². The molecule has 1 aromatic carbocycles. The molecule has 0 saturated carbocycles. The number of carbonyl (C=O) groups excluding carboxylic acids is 1. The first kappa shape index (κ1) is 13.0. The largest absolute Gasteiger partial charge is 0.490 e. The van der Waals surface area contributed by atoms with Crippen LogP contribution in [0.3, 0.4) is 0 Å². The minimum atomic E-state index is -0.0593. The highest BCUT2D eigenvalue weighted by molar-refractivity contribution is 6.04. The van der Waals surface area contributed by atoms with Crippen molar-refractivity contribution in [2.24, 2.45) is 0 Å². The van der Waals surface area contributed by atoms with Gasteiger partial charge in [0.25, 0.3) is 5.91 Å². The van der Waals surface area contributed by atoms with Gasteiger partial charge in [-0.3, -0.25) is 4.79 Å². The summed E-state index contributed by atoms with van der Waals surface area (Å²) in [5.74, 6) is 1.37. The van der Waals surface area contributed by atoms with Crippen LogP contribution >= 0.6 is 0 Å². The Hall–Kier alpha value is -2.01. The van der Waals surface area contributed by atoms with E-state index >= 15 is 0 Å². The minimum Gasteiger partial charge on any atom is -0.490 e. The number of carbonyl (C=O) groups is 1. The SMILES string of the molecule is CC(C(=O)Nc1ccc2c(c1)OCCCO2)=C1CNC1. The van der Waals surface area contributed by atoms with Crippen molar-refractivity contribution in [3.63, 3.8) is 0 Å². The summed E-state index contributed by atoms with van der Waals surface area (Å²) in [7, 11) is 0. The zero-order valence-corrected chi connectivity index (χ0v) is 11.5. The summed E-state index contributed by atoms with van der Waals surface area (Å²) in [4.78, 5) is 12.1. The Bertz CT molecular complexity index is 560. The van der Waals surface area contributed by atoms with E-state index in [1.807, 2.05) is 25.1 Å². The Balaban J connectivity index is 1.74. The number of hydrogen-bond donors (Lipinski definition) is 2. The molecule has 5 heteroatoms. The molecule has 0 spiro atoms. The summed E-state index contributed by atoms with van der Waals surface area (Å²) < 4.78 is 11.2. The first-order valence-electron chi connectivity index (χ1n) is 6.84. The normalized spacial score (nSPS) is 16.9. The van der Waals surface area contributed by atoms with Crippen LogP contribution in [-0.2, 0) is 4.79 Å². The van der Waals surface area contributed by atoms with Crippen molar-refractivity contribution >= 4 is 11.6 Å². The summed E-state index contributed by atoms with van der Waals surface area (Å²) in [6.45, 7) is 4.77. The molecule has 5 nitrogen and oxygen atoms in total. The smallest absolute Gasteiger partial charge is 0.251 e. The van der Waals surface area contributed by atoms with E-state index in [1.165, 1.54) is 0 Å². The number of hydrogen-bond acceptors (Lipinski definition) is 4. The van der Waals surface area contributed by atoms with Crippen molar-refractivity contribution < 1.29 is 14.3 Å². The molecule has 1 saturated heterocycles. The van der Waals surface area contributed by atoms with Gasteiger partial charge in [0.1, 0.15) is 0 Å². The Morgan fingerprint density at radius 3 is 2.65 bits per heavy atom. The van der Waals surface area contributed by atoms with Crippen LogP contribution in [0.1, 0.15) is 13.3 Å². The molecule has 0 unspecified atom stereocenters. The van der Waals surface area contributed by atoms with E-state index in [4.69, 9.17) is 9.47 Å². The third-order valence-electron chi connectivity index (χ3n) is 3.55. The quantitative estimate of drug-likeness (QED) is 0.806. The molecular formula is C15H18N2O3. The fraction of sp³-hybridized carbons (Fsp3) is 0.400. The fourth-order valence-corrected chi connectivity index (χ4v) is 2.14. The van der Waals surface area contributed by atoms with Gasteiger partial charge in [-0.05, 0) is 24.6 Å². The monoisotopic (exact) mass is 274 g/mol. The fourth-order valence-electron chi connectivity index (χ4n) is 2.14. The van der Waals surface area contributed by atoms with Crippen LogP contribution in [0.4, 0.5) is 5.69 Å². The Morgan fingerprint density at radius 2 is 1.95 bits per heavy atom. The molecule has 0 aromatic heterocycles. The van der Waals surface area contributed by atoms with Crippen LogP contribution in [0.5, 0.6) is 11.5 Å². The lowest BCUT2D eigenvalue weighted by Gasteiger charge is -2.21. The molecule has 2 heterocycles. The van der Waals surface area contributed by atoms with E-state index < -0.39 is 0 Å². The van der Waals surface area contributed by atoms with Gasteiger partial charge in [0.15, 0.2) is 11.5 Å². The molecule has 0 radical (unpaired) electrons. The van der Waals surface area contributed by atoms with Gasteiger partial charge < -0.3 is 20.1 Å². The van der Waals surface area contributed by atoms with Crippen LogP contribution in [0, 0.1) is 0 Å². The highest BCUT2D eigenvalue weighted by Gasteiger charge is 2.17. The van der Waals surface area contributed by atoms with Gasteiger partial charge in [0, 0.05) is 36.8 Å². The van der Waals surface area contributed by atoms with E-state index in [0.29, 0.717) is 19.0 Å². The first-order valence-corrected chi connectivity index (χ1v) is 6.84.